The van der Waals surface area contributed by atoms with Gasteiger partial charge < -0.3 is 0 Å². The summed E-state index contributed by atoms with van der Waals surface area (Å²) >= 11 is 0. The summed E-state index contributed by atoms with van der Waals surface area (Å²) in [5.74, 6) is 0.0938. The van der Waals surface area contributed by atoms with Gasteiger partial charge in [0, 0.05) is 11.1 Å². The zero-order chi connectivity index (χ0) is 12.3. The van der Waals surface area contributed by atoms with Crippen LogP contribution in [-0.4, -0.2) is 5.78 Å². The molecular formula is C16H16O. The van der Waals surface area contributed by atoms with Crippen LogP contribution in [-0.2, 0) is 6.42 Å². The van der Waals surface area contributed by atoms with E-state index in [1.807, 2.05) is 48.5 Å². The Morgan fingerprint density at radius 3 is 2.29 bits per heavy atom. The predicted octanol–water partition coefficient (Wildman–Crippen LogP) is 3.79. The highest BCUT2D eigenvalue weighted by molar-refractivity contribution is 6.09. The molecule has 0 radical (unpaired) electrons. The van der Waals surface area contributed by atoms with E-state index in [0.717, 1.165) is 17.5 Å². The topological polar surface area (TPSA) is 17.1 Å². The molecule has 0 aliphatic carbocycles. The number of aryl methyl sites for hydroxylation is 2. The predicted molar refractivity (Wildman–Crippen MR) is 70.4 cm³/mol. The van der Waals surface area contributed by atoms with Crippen molar-refractivity contribution in [1.82, 2.24) is 0 Å². The monoisotopic (exact) mass is 224 g/mol. The maximum Gasteiger partial charge on any atom is 0.193 e. The van der Waals surface area contributed by atoms with Gasteiger partial charge in [-0.2, -0.15) is 0 Å². The number of carbonyl (C=O) groups is 1. The van der Waals surface area contributed by atoms with Gasteiger partial charge in [0.25, 0.3) is 0 Å². The highest BCUT2D eigenvalue weighted by Crippen LogP contribution is 2.15. The Balaban J connectivity index is 2.35. The molecule has 0 N–H and O–H groups in total. The minimum atomic E-state index is 0.0938. The Morgan fingerprint density at radius 1 is 1.00 bits per heavy atom. The fraction of sp³-hybridized carbons (Fsp3) is 0.188. The number of rotatable bonds is 3. The van der Waals surface area contributed by atoms with Gasteiger partial charge >= 0.3 is 0 Å². The van der Waals surface area contributed by atoms with Crippen LogP contribution in [0.4, 0.5) is 0 Å². The molecule has 0 fully saturated rings. The molecule has 0 unspecified atom stereocenters. The second-order valence-electron chi connectivity index (χ2n) is 4.19. The van der Waals surface area contributed by atoms with E-state index in [-0.39, 0.29) is 5.78 Å². The molecule has 86 valence electrons. The Morgan fingerprint density at radius 2 is 1.71 bits per heavy atom. The Hall–Kier alpha value is -1.89. The molecular weight excluding hydrogens is 208 g/mol. The van der Waals surface area contributed by atoms with Gasteiger partial charge in [-0.3, -0.25) is 4.79 Å². The zero-order valence-corrected chi connectivity index (χ0v) is 10.2. The van der Waals surface area contributed by atoms with E-state index in [1.165, 1.54) is 11.1 Å². The smallest absolute Gasteiger partial charge is 0.193 e. The molecule has 0 aromatic heterocycles. The van der Waals surface area contributed by atoms with Crippen LogP contribution in [0.25, 0.3) is 0 Å². The van der Waals surface area contributed by atoms with Crippen LogP contribution in [0.2, 0.25) is 0 Å². The first-order chi connectivity index (χ1) is 8.22. The molecule has 0 spiro atoms. The van der Waals surface area contributed by atoms with Gasteiger partial charge in [0.2, 0.25) is 0 Å². The molecule has 0 saturated carbocycles. The summed E-state index contributed by atoms with van der Waals surface area (Å²) in [6, 6.07) is 15.3. The van der Waals surface area contributed by atoms with E-state index in [4.69, 9.17) is 0 Å². The van der Waals surface area contributed by atoms with Gasteiger partial charge in [0.15, 0.2) is 5.78 Å². The summed E-state index contributed by atoms with van der Waals surface area (Å²) in [5.41, 5.74) is 4.01. The number of benzene rings is 2. The van der Waals surface area contributed by atoms with Crippen LogP contribution in [0.1, 0.15) is 34.0 Å². The highest BCUT2D eigenvalue weighted by atomic mass is 16.1. The molecule has 0 heterocycles. The van der Waals surface area contributed by atoms with E-state index in [9.17, 15) is 4.79 Å². The van der Waals surface area contributed by atoms with Gasteiger partial charge in [-0.05, 0) is 30.5 Å². The minimum Gasteiger partial charge on any atom is -0.289 e. The van der Waals surface area contributed by atoms with Crippen molar-refractivity contribution in [3.63, 3.8) is 0 Å². The molecule has 0 atom stereocenters. The normalized spacial score (nSPS) is 10.2. The summed E-state index contributed by atoms with van der Waals surface area (Å²) in [6.45, 7) is 4.18. The quantitative estimate of drug-likeness (QED) is 0.725. The minimum absolute atomic E-state index is 0.0938. The van der Waals surface area contributed by atoms with E-state index in [0.29, 0.717) is 0 Å². The molecule has 2 aromatic carbocycles. The van der Waals surface area contributed by atoms with Crippen LogP contribution in [0, 0.1) is 6.92 Å². The maximum atomic E-state index is 12.2. The third-order valence-electron chi connectivity index (χ3n) is 3.02. The molecule has 0 bridgehead atoms. The summed E-state index contributed by atoms with van der Waals surface area (Å²) in [5, 5.41) is 0. The first kappa shape index (κ1) is 11.6. The Kier molecular flexibility index (Phi) is 3.38. The summed E-state index contributed by atoms with van der Waals surface area (Å²) in [6.07, 6.45) is 1.01. The van der Waals surface area contributed by atoms with Crippen molar-refractivity contribution in [2.24, 2.45) is 0 Å². The van der Waals surface area contributed by atoms with Gasteiger partial charge in [-0.25, -0.2) is 0 Å². The van der Waals surface area contributed by atoms with Crippen molar-refractivity contribution in [2.45, 2.75) is 20.3 Å². The van der Waals surface area contributed by atoms with E-state index < -0.39 is 0 Å². The average Bonchev–Trinajstić information content (AvgIpc) is 2.39. The van der Waals surface area contributed by atoms with Crippen LogP contribution in [0.15, 0.2) is 48.5 Å². The van der Waals surface area contributed by atoms with Crippen molar-refractivity contribution in [3.8, 4) is 0 Å². The third kappa shape index (κ3) is 2.44. The van der Waals surface area contributed by atoms with Crippen molar-refractivity contribution in [1.29, 1.82) is 0 Å². The summed E-state index contributed by atoms with van der Waals surface area (Å²) < 4.78 is 0. The van der Waals surface area contributed by atoms with Crippen LogP contribution in [0.5, 0.6) is 0 Å². The first-order valence-corrected chi connectivity index (χ1v) is 5.91. The van der Waals surface area contributed by atoms with Gasteiger partial charge in [-0.15, -0.1) is 0 Å². The van der Waals surface area contributed by atoms with E-state index in [1.54, 1.807) is 0 Å². The fourth-order valence-electron chi connectivity index (χ4n) is 1.99. The summed E-state index contributed by atoms with van der Waals surface area (Å²) in [4.78, 5) is 12.2. The number of hydrogen-bond acceptors (Lipinski definition) is 1. The van der Waals surface area contributed by atoms with Gasteiger partial charge in [0.1, 0.15) is 0 Å². The molecule has 0 saturated heterocycles. The molecule has 0 aliphatic heterocycles. The second kappa shape index (κ2) is 4.96. The molecule has 2 rings (SSSR count). The first-order valence-electron chi connectivity index (χ1n) is 5.91. The van der Waals surface area contributed by atoms with Crippen molar-refractivity contribution < 1.29 is 4.79 Å². The van der Waals surface area contributed by atoms with E-state index in [2.05, 4.69) is 13.8 Å². The maximum absolute atomic E-state index is 12.2. The zero-order valence-electron chi connectivity index (χ0n) is 10.2. The van der Waals surface area contributed by atoms with Crippen molar-refractivity contribution in [3.05, 3.63) is 70.8 Å². The lowest BCUT2D eigenvalue weighted by molar-refractivity contribution is 0.103. The van der Waals surface area contributed by atoms with Crippen molar-refractivity contribution >= 4 is 5.78 Å². The van der Waals surface area contributed by atoms with Crippen molar-refractivity contribution in [2.75, 3.05) is 0 Å². The lowest BCUT2D eigenvalue weighted by atomic mass is 9.98. The van der Waals surface area contributed by atoms with Crippen LogP contribution in [0.3, 0.4) is 0 Å². The van der Waals surface area contributed by atoms with Crippen LogP contribution < -0.4 is 0 Å². The average molecular weight is 224 g/mol. The summed E-state index contributed by atoms with van der Waals surface area (Å²) in [7, 11) is 0. The Labute approximate surface area is 102 Å². The molecule has 0 aliphatic rings. The fourth-order valence-corrected chi connectivity index (χ4v) is 1.99. The second-order valence-corrected chi connectivity index (χ2v) is 4.19. The number of carbonyl (C=O) groups excluding carboxylic acids is 1. The molecule has 2 aromatic rings. The molecule has 17 heavy (non-hydrogen) atoms. The number of ketones is 1. The Bertz CT molecular complexity index is 526. The SMILES string of the molecule is CCc1ccc(C(=O)c2ccccc2)cc1C. The standard InChI is InChI=1S/C16H16O/c1-3-13-9-10-15(11-12(13)2)16(17)14-7-5-4-6-8-14/h4-11H,3H2,1-2H3. The lowest BCUT2D eigenvalue weighted by Crippen LogP contribution is -2.02. The highest BCUT2D eigenvalue weighted by Gasteiger charge is 2.09. The van der Waals surface area contributed by atoms with Gasteiger partial charge in [-0.1, -0.05) is 49.4 Å². The molecule has 0 amide bonds. The largest absolute Gasteiger partial charge is 0.289 e. The number of hydrogen-bond donors (Lipinski definition) is 0. The van der Waals surface area contributed by atoms with Gasteiger partial charge in [0.05, 0.1) is 0 Å². The van der Waals surface area contributed by atoms with E-state index >= 15 is 0 Å². The third-order valence-corrected chi connectivity index (χ3v) is 3.02. The molecule has 1 heteroatoms. The molecule has 1 nitrogen and oxygen atoms in total. The lowest BCUT2D eigenvalue weighted by Gasteiger charge is -2.06. The van der Waals surface area contributed by atoms with Crippen LogP contribution >= 0.6 is 0 Å².